The number of nitrogens with zero attached hydrogens (tertiary/aromatic N) is 1. The molecule has 1 aromatic carbocycles. The maximum atomic E-state index is 12.2. The van der Waals surface area contributed by atoms with Crippen molar-refractivity contribution in [3.05, 3.63) is 24.3 Å². The molecular formula is C17H24N2O3. The van der Waals surface area contributed by atoms with Crippen LogP contribution in [0.3, 0.4) is 0 Å². The van der Waals surface area contributed by atoms with Crippen molar-refractivity contribution in [2.24, 2.45) is 5.41 Å². The Hall–Kier alpha value is -1.59. The number of carbonyl (C=O) groups excluding carboxylic acids is 1. The van der Waals surface area contributed by atoms with E-state index in [-0.39, 0.29) is 11.3 Å². The summed E-state index contributed by atoms with van der Waals surface area (Å²) in [4.78, 5) is 14.5. The monoisotopic (exact) mass is 304 g/mol. The quantitative estimate of drug-likeness (QED) is 0.927. The Morgan fingerprint density at radius 2 is 1.91 bits per heavy atom. The molecule has 0 saturated carbocycles. The van der Waals surface area contributed by atoms with E-state index >= 15 is 0 Å². The number of methoxy groups -OCH3 is 1. The number of benzene rings is 1. The summed E-state index contributed by atoms with van der Waals surface area (Å²) in [6.07, 6.45) is 2.51. The molecule has 5 heteroatoms. The van der Waals surface area contributed by atoms with Gasteiger partial charge in [-0.3, -0.25) is 4.79 Å². The van der Waals surface area contributed by atoms with Crippen LogP contribution in [0.5, 0.6) is 0 Å². The Kier molecular flexibility index (Phi) is 4.36. The van der Waals surface area contributed by atoms with E-state index in [1.807, 2.05) is 19.1 Å². The molecule has 0 bridgehead atoms. The first kappa shape index (κ1) is 15.3. The molecule has 1 aromatic rings. The summed E-state index contributed by atoms with van der Waals surface area (Å²) in [6, 6.07) is 8.09. The Morgan fingerprint density at radius 3 is 2.41 bits per heavy atom. The van der Waals surface area contributed by atoms with Crippen LogP contribution in [0.1, 0.15) is 19.8 Å². The van der Waals surface area contributed by atoms with Gasteiger partial charge in [-0.15, -0.1) is 0 Å². The average Bonchev–Trinajstić information content (AvgIpc) is 2.53. The highest BCUT2D eigenvalue weighted by molar-refractivity contribution is 5.95. The second-order valence-corrected chi connectivity index (χ2v) is 6.48. The number of carbonyl (C=O) groups is 1. The van der Waals surface area contributed by atoms with Crippen LogP contribution in [-0.2, 0) is 14.3 Å². The van der Waals surface area contributed by atoms with E-state index in [1.165, 1.54) is 5.69 Å². The Bertz CT molecular complexity index is 517. The molecule has 1 N–H and O–H groups in total. The van der Waals surface area contributed by atoms with Crippen molar-refractivity contribution in [3.63, 3.8) is 0 Å². The molecule has 120 valence electrons. The fourth-order valence-corrected chi connectivity index (χ4v) is 2.93. The molecule has 0 spiro atoms. The van der Waals surface area contributed by atoms with Crippen LogP contribution in [0.2, 0.25) is 0 Å². The number of amides is 1. The zero-order valence-corrected chi connectivity index (χ0v) is 13.3. The van der Waals surface area contributed by atoms with Gasteiger partial charge in [0.25, 0.3) is 0 Å². The molecule has 2 aliphatic rings. The third kappa shape index (κ3) is 3.10. The summed E-state index contributed by atoms with van der Waals surface area (Å²) in [5.41, 5.74) is 1.67. The number of rotatable bonds is 4. The summed E-state index contributed by atoms with van der Waals surface area (Å²) in [6.45, 7) is 4.97. The van der Waals surface area contributed by atoms with Gasteiger partial charge in [0.2, 0.25) is 5.91 Å². The molecule has 2 fully saturated rings. The van der Waals surface area contributed by atoms with Crippen molar-refractivity contribution in [2.75, 3.05) is 43.6 Å². The highest BCUT2D eigenvalue weighted by Gasteiger charge is 2.41. The van der Waals surface area contributed by atoms with Crippen LogP contribution in [0, 0.1) is 5.41 Å². The third-order valence-corrected chi connectivity index (χ3v) is 4.66. The topological polar surface area (TPSA) is 50.8 Å². The zero-order chi connectivity index (χ0) is 15.6. The summed E-state index contributed by atoms with van der Waals surface area (Å²) >= 11 is 0. The fraction of sp³-hybridized carbons (Fsp3) is 0.588. The van der Waals surface area contributed by atoms with E-state index in [4.69, 9.17) is 9.47 Å². The minimum atomic E-state index is -0.374. The summed E-state index contributed by atoms with van der Waals surface area (Å²) in [5.74, 6) is 0.0346. The SMILES string of the molecule is COC1CCN(c2ccc(NC(=O)C3(C)COC3)cc2)CC1. The predicted octanol–water partition coefficient (Wildman–Crippen LogP) is 2.28. The molecule has 2 saturated heterocycles. The molecular weight excluding hydrogens is 280 g/mol. The van der Waals surface area contributed by atoms with Gasteiger partial charge in [0.1, 0.15) is 0 Å². The van der Waals surface area contributed by atoms with Gasteiger partial charge in [0, 0.05) is 31.6 Å². The van der Waals surface area contributed by atoms with Gasteiger partial charge in [0.05, 0.1) is 24.7 Å². The van der Waals surface area contributed by atoms with E-state index < -0.39 is 0 Å². The van der Waals surface area contributed by atoms with Crippen LogP contribution >= 0.6 is 0 Å². The van der Waals surface area contributed by atoms with E-state index in [9.17, 15) is 4.79 Å². The van der Waals surface area contributed by atoms with E-state index in [1.54, 1.807) is 7.11 Å². The molecule has 0 aliphatic carbocycles. The summed E-state index contributed by atoms with van der Waals surface area (Å²) in [5, 5.41) is 2.97. The maximum absolute atomic E-state index is 12.2. The fourth-order valence-electron chi connectivity index (χ4n) is 2.93. The lowest BCUT2D eigenvalue weighted by Crippen LogP contribution is -2.49. The molecule has 0 radical (unpaired) electrons. The number of piperidine rings is 1. The van der Waals surface area contributed by atoms with Crippen LogP contribution in [0.15, 0.2) is 24.3 Å². The van der Waals surface area contributed by atoms with Crippen LogP contribution in [-0.4, -0.2) is 45.4 Å². The van der Waals surface area contributed by atoms with Crippen LogP contribution in [0.4, 0.5) is 11.4 Å². The second-order valence-electron chi connectivity index (χ2n) is 6.48. The van der Waals surface area contributed by atoms with Gasteiger partial charge >= 0.3 is 0 Å². The number of nitrogens with one attached hydrogen (secondary N) is 1. The molecule has 0 unspecified atom stereocenters. The highest BCUT2D eigenvalue weighted by atomic mass is 16.5. The number of hydrogen-bond donors (Lipinski definition) is 1. The van der Waals surface area contributed by atoms with Crippen LogP contribution < -0.4 is 10.2 Å². The first-order valence-electron chi connectivity index (χ1n) is 7.88. The van der Waals surface area contributed by atoms with E-state index in [0.29, 0.717) is 19.3 Å². The zero-order valence-electron chi connectivity index (χ0n) is 13.3. The standard InChI is InChI=1S/C17H24N2O3/c1-17(11-22-12-17)16(20)18-13-3-5-14(6-4-13)19-9-7-15(21-2)8-10-19/h3-6,15H,7-12H2,1-2H3,(H,18,20). The maximum Gasteiger partial charge on any atom is 0.234 e. The molecule has 22 heavy (non-hydrogen) atoms. The van der Waals surface area contributed by atoms with Crippen molar-refractivity contribution >= 4 is 17.3 Å². The van der Waals surface area contributed by atoms with E-state index in [2.05, 4.69) is 22.3 Å². The van der Waals surface area contributed by atoms with Crippen molar-refractivity contribution in [3.8, 4) is 0 Å². The lowest BCUT2D eigenvalue weighted by Gasteiger charge is -2.36. The van der Waals surface area contributed by atoms with Gasteiger partial charge in [-0.2, -0.15) is 0 Å². The minimum absolute atomic E-state index is 0.0346. The molecule has 0 atom stereocenters. The van der Waals surface area contributed by atoms with E-state index in [0.717, 1.165) is 31.6 Å². The number of anilines is 2. The lowest BCUT2D eigenvalue weighted by molar-refractivity contribution is -0.151. The highest BCUT2D eigenvalue weighted by Crippen LogP contribution is 2.29. The van der Waals surface area contributed by atoms with Crippen molar-refractivity contribution in [1.29, 1.82) is 0 Å². The minimum Gasteiger partial charge on any atom is -0.381 e. The van der Waals surface area contributed by atoms with Gasteiger partial charge in [-0.25, -0.2) is 0 Å². The molecule has 0 aromatic heterocycles. The van der Waals surface area contributed by atoms with Crippen molar-refractivity contribution in [2.45, 2.75) is 25.9 Å². The molecule has 2 heterocycles. The Morgan fingerprint density at radius 1 is 1.27 bits per heavy atom. The first-order chi connectivity index (χ1) is 10.6. The first-order valence-corrected chi connectivity index (χ1v) is 7.88. The second kappa shape index (κ2) is 6.26. The normalized spacial score (nSPS) is 21.3. The molecule has 2 aliphatic heterocycles. The molecule has 5 nitrogen and oxygen atoms in total. The lowest BCUT2D eigenvalue weighted by atomic mass is 9.87. The van der Waals surface area contributed by atoms with Crippen molar-refractivity contribution < 1.29 is 14.3 Å². The number of ether oxygens (including phenoxy) is 2. The van der Waals surface area contributed by atoms with Crippen LogP contribution in [0.25, 0.3) is 0 Å². The predicted molar refractivity (Wildman–Crippen MR) is 86.2 cm³/mol. The van der Waals surface area contributed by atoms with Gasteiger partial charge in [0.15, 0.2) is 0 Å². The smallest absolute Gasteiger partial charge is 0.234 e. The summed E-state index contributed by atoms with van der Waals surface area (Å²) < 4.78 is 10.5. The Labute approximate surface area is 131 Å². The van der Waals surface area contributed by atoms with Gasteiger partial charge in [-0.1, -0.05) is 0 Å². The van der Waals surface area contributed by atoms with Gasteiger partial charge < -0.3 is 19.7 Å². The third-order valence-electron chi connectivity index (χ3n) is 4.66. The van der Waals surface area contributed by atoms with Crippen molar-refractivity contribution in [1.82, 2.24) is 0 Å². The summed E-state index contributed by atoms with van der Waals surface area (Å²) in [7, 11) is 1.78. The molecule has 3 rings (SSSR count). The Balaban J connectivity index is 1.57. The largest absolute Gasteiger partial charge is 0.381 e. The average molecular weight is 304 g/mol. The molecule has 1 amide bonds. The van der Waals surface area contributed by atoms with Gasteiger partial charge in [-0.05, 0) is 44.0 Å². The number of hydrogen-bond acceptors (Lipinski definition) is 4.